The lowest BCUT2D eigenvalue weighted by molar-refractivity contribution is -0.120. The molecule has 1 saturated heterocycles. The molecule has 28 heavy (non-hydrogen) atoms. The Morgan fingerprint density at radius 3 is 2.57 bits per heavy atom. The van der Waals surface area contributed by atoms with E-state index in [1.54, 1.807) is 18.2 Å². The van der Waals surface area contributed by atoms with Crippen molar-refractivity contribution in [1.82, 2.24) is 4.31 Å². The van der Waals surface area contributed by atoms with Crippen molar-refractivity contribution < 1.29 is 13.2 Å². The van der Waals surface area contributed by atoms with E-state index in [1.807, 2.05) is 31.2 Å². The van der Waals surface area contributed by atoms with Crippen LogP contribution in [0.4, 0.5) is 5.69 Å². The fraction of sp³-hybridized carbons (Fsp3) is 0.350. The number of carbonyl (C=O) groups is 1. The third-order valence-electron chi connectivity index (χ3n) is 4.98. The maximum atomic E-state index is 12.7. The van der Waals surface area contributed by atoms with Gasteiger partial charge in [0.1, 0.15) is 0 Å². The maximum Gasteiger partial charge on any atom is 0.227 e. The van der Waals surface area contributed by atoms with Crippen molar-refractivity contribution in [3.8, 4) is 0 Å². The van der Waals surface area contributed by atoms with Crippen LogP contribution < -0.4 is 5.32 Å². The van der Waals surface area contributed by atoms with Crippen LogP contribution in [-0.2, 0) is 20.6 Å². The summed E-state index contributed by atoms with van der Waals surface area (Å²) in [5.74, 6) is -0.338. The van der Waals surface area contributed by atoms with Gasteiger partial charge in [-0.2, -0.15) is 0 Å². The highest BCUT2D eigenvalue weighted by molar-refractivity contribution is 9.10. The highest BCUT2D eigenvalue weighted by Gasteiger charge is 2.31. The van der Waals surface area contributed by atoms with Crippen molar-refractivity contribution in [2.75, 3.05) is 18.4 Å². The van der Waals surface area contributed by atoms with Crippen LogP contribution in [0.15, 0.2) is 46.9 Å². The molecule has 0 atom stereocenters. The Labute approximate surface area is 179 Å². The van der Waals surface area contributed by atoms with Crippen LogP contribution in [-0.4, -0.2) is 31.7 Å². The highest BCUT2D eigenvalue weighted by atomic mass is 79.9. The molecule has 150 valence electrons. The summed E-state index contributed by atoms with van der Waals surface area (Å²) in [6, 6.07) is 12.7. The molecule has 1 N–H and O–H groups in total. The van der Waals surface area contributed by atoms with Gasteiger partial charge in [-0.3, -0.25) is 4.79 Å². The number of amides is 1. The van der Waals surface area contributed by atoms with Gasteiger partial charge in [0.15, 0.2) is 0 Å². The van der Waals surface area contributed by atoms with Gasteiger partial charge in [-0.15, -0.1) is 0 Å². The monoisotopic (exact) mass is 484 g/mol. The molecule has 1 amide bonds. The first-order valence-electron chi connectivity index (χ1n) is 9.04. The number of carbonyl (C=O) groups excluding carboxylic acids is 1. The van der Waals surface area contributed by atoms with E-state index in [0.717, 1.165) is 15.6 Å². The van der Waals surface area contributed by atoms with Crippen molar-refractivity contribution in [2.24, 2.45) is 5.92 Å². The van der Waals surface area contributed by atoms with E-state index in [1.165, 1.54) is 4.31 Å². The summed E-state index contributed by atoms with van der Waals surface area (Å²) in [6.45, 7) is 2.56. The molecule has 0 spiro atoms. The van der Waals surface area contributed by atoms with Crippen molar-refractivity contribution in [2.45, 2.75) is 25.5 Å². The summed E-state index contributed by atoms with van der Waals surface area (Å²) in [5.41, 5.74) is 2.26. The smallest absolute Gasteiger partial charge is 0.227 e. The Balaban J connectivity index is 1.59. The number of hydrogen-bond acceptors (Lipinski definition) is 3. The van der Waals surface area contributed by atoms with Gasteiger partial charge < -0.3 is 5.32 Å². The van der Waals surface area contributed by atoms with Gasteiger partial charge in [-0.25, -0.2) is 12.7 Å². The molecule has 2 aromatic carbocycles. The predicted octanol–water partition coefficient (Wildman–Crippen LogP) is 4.59. The lowest BCUT2D eigenvalue weighted by Gasteiger charge is -2.30. The number of sulfonamides is 1. The zero-order valence-electron chi connectivity index (χ0n) is 15.5. The molecule has 8 heteroatoms. The lowest BCUT2D eigenvalue weighted by atomic mass is 9.97. The summed E-state index contributed by atoms with van der Waals surface area (Å²) in [6.07, 6.45) is 1.01. The van der Waals surface area contributed by atoms with Gasteiger partial charge in [-0.1, -0.05) is 45.7 Å². The number of nitrogens with zero attached hydrogens (tertiary/aromatic N) is 1. The topological polar surface area (TPSA) is 66.5 Å². The van der Waals surface area contributed by atoms with Gasteiger partial charge in [0.25, 0.3) is 0 Å². The quantitative estimate of drug-likeness (QED) is 0.673. The average molecular weight is 486 g/mol. The van der Waals surface area contributed by atoms with Gasteiger partial charge in [0.05, 0.1) is 5.75 Å². The summed E-state index contributed by atoms with van der Waals surface area (Å²) in [7, 11) is -3.41. The molecule has 5 nitrogen and oxygen atoms in total. The number of anilines is 1. The Kier molecular flexibility index (Phi) is 6.81. The molecule has 0 aliphatic carbocycles. The Hall–Kier alpha value is -1.41. The van der Waals surface area contributed by atoms with Crippen molar-refractivity contribution in [1.29, 1.82) is 0 Å². The average Bonchev–Trinajstić information content (AvgIpc) is 2.65. The van der Waals surface area contributed by atoms with E-state index >= 15 is 0 Å². The fourth-order valence-corrected chi connectivity index (χ4v) is 5.47. The highest BCUT2D eigenvalue weighted by Crippen LogP contribution is 2.26. The van der Waals surface area contributed by atoms with Crippen LogP contribution in [0.1, 0.15) is 24.0 Å². The molecule has 0 aromatic heterocycles. The van der Waals surface area contributed by atoms with Crippen LogP contribution >= 0.6 is 27.5 Å². The Morgan fingerprint density at radius 1 is 1.21 bits per heavy atom. The zero-order chi connectivity index (χ0) is 20.3. The van der Waals surface area contributed by atoms with E-state index in [2.05, 4.69) is 21.2 Å². The SMILES string of the molecule is Cc1c(Cl)cccc1NC(=O)C1CCN(S(=O)(=O)Cc2cccc(Br)c2)CC1. The number of piperidine rings is 1. The first-order valence-corrected chi connectivity index (χ1v) is 11.8. The van der Waals surface area contributed by atoms with Crippen LogP contribution in [0.5, 0.6) is 0 Å². The zero-order valence-corrected chi connectivity index (χ0v) is 18.6. The summed E-state index contributed by atoms with van der Waals surface area (Å²) >= 11 is 9.47. The minimum Gasteiger partial charge on any atom is -0.326 e. The largest absolute Gasteiger partial charge is 0.326 e. The second kappa shape index (κ2) is 8.95. The predicted molar refractivity (Wildman–Crippen MR) is 116 cm³/mol. The van der Waals surface area contributed by atoms with E-state index in [4.69, 9.17) is 11.6 Å². The van der Waals surface area contributed by atoms with Gasteiger partial charge in [0, 0.05) is 34.2 Å². The third kappa shape index (κ3) is 5.14. The Morgan fingerprint density at radius 2 is 1.89 bits per heavy atom. The van der Waals surface area contributed by atoms with Gasteiger partial charge in [-0.05, 0) is 55.2 Å². The third-order valence-corrected chi connectivity index (χ3v) is 7.73. The summed E-state index contributed by atoms with van der Waals surface area (Å²) in [4.78, 5) is 12.6. The summed E-state index contributed by atoms with van der Waals surface area (Å²) in [5, 5.41) is 3.53. The van der Waals surface area contributed by atoms with E-state index < -0.39 is 10.0 Å². The second-order valence-corrected chi connectivity index (χ2v) is 10.3. The van der Waals surface area contributed by atoms with Crippen molar-refractivity contribution >= 4 is 49.1 Å². The van der Waals surface area contributed by atoms with Gasteiger partial charge in [0.2, 0.25) is 15.9 Å². The molecule has 1 aliphatic rings. The molecule has 1 aliphatic heterocycles. The van der Waals surface area contributed by atoms with E-state index in [-0.39, 0.29) is 17.6 Å². The van der Waals surface area contributed by atoms with Crippen LogP contribution in [0.2, 0.25) is 5.02 Å². The minimum atomic E-state index is -3.41. The molecule has 1 heterocycles. The molecular formula is C20H22BrClN2O3S. The Bertz CT molecular complexity index is 973. The molecular weight excluding hydrogens is 464 g/mol. The second-order valence-electron chi connectivity index (χ2n) is 6.96. The molecule has 0 radical (unpaired) electrons. The normalized spacial score (nSPS) is 16.1. The molecule has 2 aromatic rings. The number of nitrogens with one attached hydrogen (secondary N) is 1. The summed E-state index contributed by atoms with van der Waals surface area (Å²) < 4.78 is 27.8. The molecule has 0 saturated carbocycles. The van der Waals surface area contributed by atoms with Crippen molar-refractivity contribution in [3.63, 3.8) is 0 Å². The molecule has 0 unspecified atom stereocenters. The fourth-order valence-electron chi connectivity index (χ4n) is 3.30. The van der Waals surface area contributed by atoms with Gasteiger partial charge >= 0.3 is 0 Å². The molecule has 1 fully saturated rings. The lowest BCUT2D eigenvalue weighted by Crippen LogP contribution is -2.41. The maximum absolute atomic E-state index is 12.7. The first kappa shape index (κ1) is 21.3. The number of hydrogen-bond donors (Lipinski definition) is 1. The molecule has 3 rings (SSSR count). The first-order chi connectivity index (χ1) is 13.3. The number of rotatable bonds is 5. The minimum absolute atomic E-state index is 0.0367. The standard InChI is InChI=1S/C20H22BrClN2O3S/c1-14-18(22)6-3-7-19(14)23-20(25)16-8-10-24(11-9-16)28(26,27)13-15-4-2-5-17(21)12-15/h2-7,12,16H,8-11,13H2,1H3,(H,23,25). The number of benzene rings is 2. The van der Waals surface area contributed by atoms with Crippen LogP contribution in [0.25, 0.3) is 0 Å². The van der Waals surface area contributed by atoms with E-state index in [9.17, 15) is 13.2 Å². The van der Waals surface area contributed by atoms with E-state index in [0.29, 0.717) is 36.6 Å². The number of halogens is 2. The van der Waals surface area contributed by atoms with Crippen LogP contribution in [0.3, 0.4) is 0 Å². The van der Waals surface area contributed by atoms with Crippen LogP contribution in [0, 0.1) is 12.8 Å². The molecule has 0 bridgehead atoms. The van der Waals surface area contributed by atoms with Crippen molar-refractivity contribution in [3.05, 3.63) is 63.1 Å².